The number of hydrogen-bond donors (Lipinski definition) is 1. The summed E-state index contributed by atoms with van der Waals surface area (Å²) in [5.41, 5.74) is 1.63. The van der Waals surface area contributed by atoms with Gasteiger partial charge in [-0.2, -0.15) is 0 Å². The van der Waals surface area contributed by atoms with Gasteiger partial charge in [-0.25, -0.2) is 0 Å². The van der Waals surface area contributed by atoms with Crippen molar-refractivity contribution in [3.8, 4) is 0 Å². The fourth-order valence-electron chi connectivity index (χ4n) is 2.21. The molecule has 0 radical (unpaired) electrons. The third-order valence-corrected chi connectivity index (χ3v) is 3.24. The summed E-state index contributed by atoms with van der Waals surface area (Å²) in [5, 5.41) is 13.8. The summed E-state index contributed by atoms with van der Waals surface area (Å²) in [7, 11) is 1.60. The average Bonchev–Trinajstić information content (AvgIpc) is 2.86. The molecule has 0 unspecified atom stereocenters. The number of fused-ring (bicyclic) bond motifs is 1. The van der Waals surface area contributed by atoms with Crippen LogP contribution < -0.4 is 10.2 Å². The van der Waals surface area contributed by atoms with Crippen molar-refractivity contribution in [2.75, 3.05) is 38.3 Å². The predicted molar refractivity (Wildman–Crippen MR) is 73.9 cm³/mol. The van der Waals surface area contributed by atoms with Crippen molar-refractivity contribution in [1.29, 1.82) is 0 Å². The highest BCUT2D eigenvalue weighted by Gasteiger charge is 2.26. The minimum Gasteiger partial charge on any atom is -0.383 e. The van der Waals surface area contributed by atoms with Gasteiger partial charge < -0.3 is 15.0 Å². The molecule has 1 heterocycles. The largest absolute Gasteiger partial charge is 0.383 e. The molecule has 0 fully saturated rings. The lowest BCUT2D eigenvalue weighted by molar-refractivity contribution is -0.384. The van der Waals surface area contributed by atoms with Crippen LogP contribution in [0.4, 0.5) is 11.4 Å². The molecule has 7 nitrogen and oxygen atoms in total. The zero-order valence-electron chi connectivity index (χ0n) is 11.3. The van der Waals surface area contributed by atoms with Gasteiger partial charge in [0.25, 0.3) is 5.69 Å². The third kappa shape index (κ3) is 3.12. The van der Waals surface area contributed by atoms with E-state index in [1.165, 1.54) is 12.1 Å². The van der Waals surface area contributed by atoms with E-state index in [1.54, 1.807) is 18.1 Å². The van der Waals surface area contributed by atoms with Gasteiger partial charge in [0.2, 0.25) is 5.91 Å². The minimum atomic E-state index is -0.446. The van der Waals surface area contributed by atoms with Crippen LogP contribution in [0.2, 0.25) is 0 Å². The Hall–Kier alpha value is -1.99. The van der Waals surface area contributed by atoms with Gasteiger partial charge >= 0.3 is 0 Å². The fraction of sp³-hybridized carbons (Fsp3) is 0.462. The number of nitro benzene ring substituents is 1. The summed E-state index contributed by atoms with van der Waals surface area (Å²) in [6.07, 6.45) is 0.733. The molecule has 0 aliphatic carbocycles. The van der Waals surface area contributed by atoms with E-state index in [1.807, 2.05) is 0 Å². The van der Waals surface area contributed by atoms with Crippen molar-refractivity contribution in [3.63, 3.8) is 0 Å². The molecule has 0 aromatic heterocycles. The number of benzene rings is 1. The highest BCUT2D eigenvalue weighted by atomic mass is 16.6. The smallest absolute Gasteiger partial charge is 0.271 e. The Labute approximate surface area is 116 Å². The van der Waals surface area contributed by atoms with Crippen LogP contribution in [-0.2, 0) is 16.0 Å². The number of rotatable bonds is 6. The second-order valence-corrected chi connectivity index (χ2v) is 4.54. The monoisotopic (exact) mass is 279 g/mol. The van der Waals surface area contributed by atoms with E-state index < -0.39 is 4.92 Å². The van der Waals surface area contributed by atoms with Crippen molar-refractivity contribution in [2.24, 2.45) is 0 Å². The first kappa shape index (κ1) is 14.4. The molecule has 0 saturated heterocycles. The maximum Gasteiger partial charge on any atom is 0.271 e. The highest BCUT2D eigenvalue weighted by molar-refractivity contribution is 5.97. The van der Waals surface area contributed by atoms with E-state index in [2.05, 4.69) is 5.32 Å². The lowest BCUT2D eigenvalue weighted by atomic mass is 10.1. The molecule has 7 heteroatoms. The topological polar surface area (TPSA) is 84.7 Å². The number of nitrogens with zero attached hydrogens (tertiary/aromatic N) is 2. The van der Waals surface area contributed by atoms with Crippen molar-refractivity contribution in [3.05, 3.63) is 33.9 Å². The minimum absolute atomic E-state index is 0.00999. The Balaban J connectivity index is 2.04. The van der Waals surface area contributed by atoms with Crippen LogP contribution in [0.1, 0.15) is 5.56 Å². The van der Waals surface area contributed by atoms with Gasteiger partial charge in [0.15, 0.2) is 0 Å². The van der Waals surface area contributed by atoms with Crippen LogP contribution in [0.5, 0.6) is 0 Å². The molecular weight excluding hydrogens is 262 g/mol. The third-order valence-electron chi connectivity index (χ3n) is 3.24. The number of non-ortho nitro benzene ring substituents is 1. The maximum atomic E-state index is 12.1. The number of carbonyl (C=O) groups excluding carboxylic acids is 1. The number of nitro groups is 1. The first-order chi connectivity index (χ1) is 9.63. The molecule has 0 atom stereocenters. The summed E-state index contributed by atoms with van der Waals surface area (Å²) in [6, 6.07) is 4.66. The fourth-order valence-corrected chi connectivity index (χ4v) is 2.21. The lowest BCUT2D eigenvalue weighted by Gasteiger charge is -2.17. The Morgan fingerprint density at radius 3 is 3.05 bits per heavy atom. The molecule has 2 rings (SSSR count). The summed E-state index contributed by atoms with van der Waals surface area (Å²) >= 11 is 0. The molecule has 0 spiro atoms. The summed E-state index contributed by atoms with van der Waals surface area (Å²) < 4.78 is 4.89. The van der Waals surface area contributed by atoms with Crippen LogP contribution in [0, 0.1) is 10.1 Å². The molecule has 108 valence electrons. The standard InChI is InChI=1S/C13H17N3O4/c1-20-7-5-14-9-13(17)15-6-4-10-2-3-11(16(18)19)8-12(10)15/h2-3,8,14H,4-7,9H2,1H3. The number of nitrogens with one attached hydrogen (secondary N) is 1. The molecule has 1 N–H and O–H groups in total. The zero-order chi connectivity index (χ0) is 14.5. The van der Waals surface area contributed by atoms with Gasteiger partial charge in [-0.15, -0.1) is 0 Å². The van der Waals surface area contributed by atoms with Gasteiger partial charge in [0.05, 0.1) is 23.8 Å². The number of carbonyl (C=O) groups is 1. The van der Waals surface area contributed by atoms with Crippen LogP contribution in [0.3, 0.4) is 0 Å². The van der Waals surface area contributed by atoms with Crippen LogP contribution in [0.25, 0.3) is 0 Å². The molecule has 0 saturated carbocycles. The molecule has 20 heavy (non-hydrogen) atoms. The zero-order valence-corrected chi connectivity index (χ0v) is 11.3. The summed E-state index contributed by atoms with van der Waals surface area (Å²) in [4.78, 5) is 24.1. The van der Waals surface area contributed by atoms with Gasteiger partial charge in [-0.3, -0.25) is 14.9 Å². The molecule has 1 amide bonds. The number of amides is 1. The molecule has 0 bridgehead atoms. The predicted octanol–water partition coefficient (Wildman–Crippen LogP) is 0.720. The number of methoxy groups -OCH3 is 1. The van der Waals surface area contributed by atoms with E-state index in [4.69, 9.17) is 4.74 Å². The van der Waals surface area contributed by atoms with E-state index in [0.717, 1.165) is 12.0 Å². The van der Waals surface area contributed by atoms with Gasteiger partial charge in [0.1, 0.15) is 0 Å². The first-order valence-electron chi connectivity index (χ1n) is 6.41. The Morgan fingerprint density at radius 2 is 2.35 bits per heavy atom. The quantitative estimate of drug-likeness (QED) is 0.471. The van der Waals surface area contributed by atoms with Gasteiger partial charge in [0, 0.05) is 32.3 Å². The Kier molecular flexibility index (Phi) is 4.65. The molecular formula is C13H17N3O4. The van der Waals surface area contributed by atoms with Crippen LogP contribution in [0.15, 0.2) is 18.2 Å². The molecule has 1 aliphatic heterocycles. The van der Waals surface area contributed by atoms with E-state index in [-0.39, 0.29) is 18.1 Å². The SMILES string of the molecule is COCCNCC(=O)N1CCc2ccc([N+](=O)[O-])cc21. The Morgan fingerprint density at radius 1 is 1.55 bits per heavy atom. The van der Waals surface area contributed by atoms with Crippen molar-refractivity contribution in [1.82, 2.24) is 5.32 Å². The Bertz CT molecular complexity index is 518. The number of ether oxygens (including phenoxy) is 1. The van der Waals surface area contributed by atoms with Crippen molar-refractivity contribution < 1.29 is 14.5 Å². The van der Waals surface area contributed by atoms with Crippen LogP contribution in [-0.4, -0.2) is 44.2 Å². The molecule has 1 aliphatic rings. The summed E-state index contributed by atoms with van der Waals surface area (Å²) in [6.45, 7) is 1.90. The molecule has 1 aromatic rings. The van der Waals surface area contributed by atoms with Crippen molar-refractivity contribution in [2.45, 2.75) is 6.42 Å². The first-order valence-corrected chi connectivity index (χ1v) is 6.41. The number of hydrogen-bond acceptors (Lipinski definition) is 5. The van der Waals surface area contributed by atoms with E-state index in [0.29, 0.717) is 25.4 Å². The lowest BCUT2D eigenvalue weighted by Crippen LogP contribution is -2.38. The van der Waals surface area contributed by atoms with Gasteiger partial charge in [-0.05, 0) is 12.0 Å². The van der Waals surface area contributed by atoms with Crippen molar-refractivity contribution >= 4 is 17.3 Å². The highest BCUT2D eigenvalue weighted by Crippen LogP contribution is 2.31. The second-order valence-electron chi connectivity index (χ2n) is 4.54. The van der Waals surface area contributed by atoms with E-state index in [9.17, 15) is 14.9 Å². The maximum absolute atomic E-state index is 12.1. The van der Waals surface area contributed by atoms with E-state index >= 15 is 0 Å². The summed E-state index contributed by atoms with van der Waals surface area (Å²) in [5.74, 6) is -0.0830. The average molecular weight is 279 g/mol. The normalized spacial score (nSPS) is 13.3. The molecule has 1 aromatic carbocycles. The van der Waals surface area contributed by atoms with Gasteiger partial charge in [-0.1, -0.05) is 6.07 Å². The van der Waals surface area contributed by atoms with Crippen LogP contribution >= 0.6 is 0 Å². The number of anilines is 1. The second kappa shape index (κ2) is 6.44.